The third-order valence-corrected chi connectivity index (χ3v) is 5.15. The maximum absolute atomic E-state index is 13.2. The van der Waals surface area contributed by atoms with Gasteiger partial charge in [-0.25, -0.2) is 4.39 Å². The Morgan fingerprint density at radius 2 is 1.79 bits per heavy atom. The first-order chi connectivity index (χ1) is 14.0. The van der Waals surface area contributed by atoms with Crippen LogP contribution in [0.1, 0.15) is 44.2 Å². The van der Waals surface area contributed by atoms with Crippen LogP contribution < -0.4 is 5.32 Å². The zero-order valence-corrected chi connectivity index (χ0v) is 17.7. The van der Waals surface area contributed by atoms with Crippen LogP contribution in [-0.2, 0) is 22.6 Å². The van der Waals surface area contributed by atoms with E-state index in [1.807, 2.05) is 25.1 Å². The van der Waals surface area contributed by atoms with Crippen LogP contribution >= 0.6 is 11.6 Å². The molecule has 6 heteroatoms. The van der Waals surface area contributed by atoms with Gasteiger partial charge in [-0.05, 0) is 42.2 Å². The molecular formula is C23H28ClFN2O2. The molecule has 0 heterocycles. The fourth-order valence-electron chi connectivity index (χ4n) is 3.11. The Kier molecular flexibility index (Phi) is 9.13. The van der Waals surface area contributed by atoms with Crippen molar-refractivity contribution in [3.63, 3.8) is 0 Å². The number of hydrogen-bond acceptors (Lipinski definition) is 2. The van der Waals surface area contributed by atoms with Crippen molar-refractivity contribution in [3.8, 4) is 0 Å². The minimum Gasteiger partial charge on any atom is -0.354 e. The Morgan fingerprint density at radius 1 is 1.10 bits per heavy atom. The van der Waals surface area contributed by atoms with Crippen molar-refractivity contribution in [1.82, 2.24) is 10.2 Å². The fraction of sp³-hybridized carbons (Fsp3) is 0.391. The highest BCUT2D eigenvalue weighted by molar-refractivity contribution is 6.31. The Bertz CT molecular complexity index is 811. The minimum atomic E-state index is -0.601. The molecule has 2 rings (SSSR count). The van der Waals surface area contributed by atoms with E-state index in [0.717, 1.165) is 18.4 Å². The van der Waals surface area contributed by atoms with Gasteiger partial charge in [0.05, 0.1) is 6.42 Å². The molecule has 156 valence electrons. The Balaban J connectivity index is 2.25. The summed E-state index contributed by atoms with van der Waals surface area (Å²) in [6, 6.07) is 12.5. The number of carbonyl (C=O) groups excluding carboxylic acids is 2. The molecule has 0 aliphatic heterocycles. The quantitative estimate of drug-likeness (QED) is 0.566. The fourth-order valence-corrected chi connectivity index (χ4v) is 3.31. The second-order valence-electron chi connectivity index (χ2n) is 6.98. The lowest BCUT2D eigenvalue weighted by Crippen LogP contribution is -2.49. The van der Waals surface area contributed by atoms with Gasteiger partial charge in [0.1, 0.15) is 11.9 Å². The predicted molar refractivity (Wildman–Crippen MR) is 114 cm³/mol. The van der Waals surface area contributed by atoms with Crippen LogP contribution in [-0.4, -0.2) is 29.3 Å². The second kappa shape index (κ2) is 11.6. The number of rotatable bonds is 10. The molecule has 2 aromatic rings. The molecule has 2 amide bonds. The van der Waals surface area contributed by atoms with E-state index in [4.69, 9.17) is 11.6 Å². The van der Waals surface area contributed by atoms with Crippen molar-refractivity contribution in [2.45, 2.75) is 52.1 Å². The molecular weight excluding hydrogens is 391 g/mol. The summed E-state index contributed by atoms with van der Waals surface area (Å²) in [4.78, 5) is 27.5. The molecule has 1 atom stereocenters. The average molecular weight is 419 g/mol. The van der Waals surface area contributed by atoms with E-state index in [-0.39, 0.29) is 30.6 Å². The lowest BCUT2D eigenvalue weighted by Gasteiger charge is -2.31. The molecule has 0 fully saturated rings. The van der Waals surface area contributed by atoms with Crippen molar-refractivity contribution < 1.29 is 14.0 Å². The SMILES string of the molecule is CCCCNC(=O)C(CC)N(Cc1ccccc1Cl)C(=O)Cc1ccc(F)cc1. The van der Waals surface area contributed by atoms with Gasteiger partial charge in [0.2, 0.25) is 11.8 Å². The van der Waals surface area contributed by atoms with Gasteiger partial charge in [-0.3, -0.25) is 9.59 Å². The topological polar surface area (TPSA) is 49.4 Å². The van der Waals surface area contributed by atoms with Gasteiger partial charge in [0.25, 0.3) is 0 Å². The van der Waals surface area contributed by atoms with Gasteiger partial charge >= 0.3 is 0 Å². The molecule has 0 aliphatic carbocycles. The molecule has 1 unspecified atom stereocenters. The van der Waals surface area contributed by atoms with E-state index >= 15 is 0 Å². The molecule has 0 aromatic heterocycles. The minimum absolute atomic E-state index is 0.0868. The maximum Gasteiger partial charge on any atom is 0.242 e. The van der Waals surface area contributed by atoms with Crippen LogP contribution in [0.3, 0.4) is 0 Å². The highest BCUT2D eigenvalue weighted by Gasteiger charge is 2.28. The molecule has 0 saturated carbocycles. The molecule has 0 aliphatic rings. The van der Waals surface area contributed by atoms with Gasteiger partial charge in [-0.15, -0.1) is 0 Å². The molecule has 0 saturated heterocycles. The first kappa shape index (κ1) is 22.9. The highest BCUT2D eigenvalue weighted by Crippen LogP contribution is 2.20. The average Bonchev–Trinajstić information content (AvgIpc) is 2.71. The standard InChI is InChI=1S/C23H28ClFN2O2/c1-3-5-14-26-23(29)21(4-2)27(16-18-8-6-7-9-20(18)24)22(28)15-17-10-12-19(25)13-11-17/h6-13,21H,3-5,14-16H2,1-2H3,(H,26,29). The largest absolute Gasteiger partial charge is 0.354 e. The lowest BCUT2D eigenvalue weighted by molar-refractivity contribution is -0.140. The van der Waals surface area contributed by atoms with E-state index in [9.17, 15) is 14.0 Å². The van der Waals surface area contributed by atoms with Crippen molar-refractivity contribution in [2.24, 2.45) is 0 Å². The monoisotopic (exact) mass is 418 g/mol. The maximum atomic E-state index is 13.2. The van der Waals surface area contributed by atoms with Crippen LogP contribution in [0.4, 0.5) is 4.39 Å². The smallest absolute Gasteiger partial charge is 0.242 e. The van der Waals surface area contributed by atoms with Crippen LogP contribution in [0.2, 0.25) is 5.02 Å². The Labute approximate surface area is 177 Å². The van der Waals surface area contributed by atoms with Gasteiger partial charge in [0, 0.05) is 18.1 Å². The Morgan fingerprint density at radius 3 is 2.41 bits per heavy atom. The summed E-state index contributed by atoms with van der Waals surface area (Å²) < 4.78 is 13.2. The van der Waals surface area contributed by atoms with Crippen LogP contribution in [0.15, 0.2) is 48.5 Å². The van der Waals surface area contributed by atoms with Gasteiger partial charge in [-0.1, -0.05) is 62.2 Å². The summed E-state index contributed by atoms with van der Waals surface area (Å²) in [5, 5.41) is 3.48. The van der Waals surface area contributed by atoms with Crippen LogP contribution in [0.25, 0.3) is 0 Å². The predicted octanol–water partition coefficient (Wildman–Crippen LogP) is 4.75. The number of benzene rings is 2. The number of nitrogens with zero attached hydrogens (tertiary/aromatic N) is 1. The zero-order chi connectivity index (χ0) is 21.2. The highest BCUT2D eigenvalue weighted by atomic mass is 35.5. The third-order valence-electron chi connectivity index (χ3n) is 4.78. The lowest BCUT2D eigenvalue weighted by atomic mass is 10.1. The molecule has 29 heavy (non-hydrogen) atoms. The normalized spacial score (nSPS) is 11.7. The summed E-state index contributed by atoms with van der Waals surface area (Å²) in [7, 11) is 0. The molecule has 0 bridgehead atoms. The number of carbonyl (C=O) groups is 2. The van der Waals surface area contributed by atoms with Gasteiger partial charge in [-0.2, -0.15) is 0 Å². The van der Waals surface area contributed by atoms with Crippen molar-refractivity contribution >= 4 is 23.4 Å². The molecule has 2 aromatic carbocycles. The van der Waals surface area contributed by atoms with E-state index in [1.54, 1.807) is 23.1 Å². The Hall–Kier alpha value is -2.40. The van der Waals surface area contributed by atoms with Gasteiger partial charge < -0.3 is 10.2 Å². The number of nitrogens with one attached hydrogen (secondary N) is 1. The van der Waals surface area contributed by atoms with E-state index in [0.29, 0.717) is 23.6 Å². The summed E-state index contributed by atoms with van der Waals surface area (Å²) >= 11 is 6.30. The third kappa shape index (κ3) is 6.86. The number of hydrogen-bond donors (Lipinski definition) is 1. The first-order valence-corrected chi connectivity index (χ1v) is 10.4. The summed E-state index contributed by atoms with van der Waals surface area (Å²) in [5.74, 6) is -0.717. The van der Waals surface area contributed by atoms with E-state index < -0.39 is 6.04 Å². The summed E-state index contributed by atoms with van der Waals surface area (Å²) in [6.07, 6.45) is 2.43. The van der Waals surface area contributed by atoms with Crippen molar-refractivity contribution in [3.05, 3.63) is 70.5 Å². The number of halogens is 2. The molecule has 0 radical (unpaired) electrons. The number of amides is 2. The van der Waals surface area contributed by atoms with Crippen LogP contribution in [0.5, 0.6) is 0 Å². The van der Waals surface area contributed by atoms with E-state index in [2.05, 4.69) is 12.2 Å². The second-order valence-corrected chi connectivity index (χ2v) is 7.39. The molecule has 0 spiro atoms. The zero-order valence-electron chi connectivity index (χ0n) is 17.0. The van der Waals surface area contributed by atoms with Crippen molar-refractivity contribution in [2.75, 3.05) is 6.54 Å². The number of unbranched alkanes of at least 4 members (excludes halogenated alkanes) is 1. The summed E-state index contributed by atoms with van der Waals surface area (Å²) in [6.45, 7) is 4.76. The molecule has 1 N–H and O–H groups in total. The molecule has 4 nitrogen and oxygen atoms in total. The first-order valence-electron chi connectivity index (χ1n) is 10.0. The van der Waals surface area contributed by atoms with E-state index in [1.165, 1.54) is 12.1 Å². The van der Waals surface area contributed by atoms with Crippen molar-refractivity contribution in [1.29, 1.82) is 0 Å². The van der Waals surface area contributed by atoms with Gasteiger partial charge in [0.15, 0.2) is 0 Å². The summed E-state index contributed by atoms with van der Waals surface area (Å²) in [5.41, 5.74) is 1.48. The van der Waals surface area contributed by atoms with Crippen LogP contribution in [0, 0.1) is 5.82 Å².